The fourth-order valence-corrected chi connectivity index (χ4v) is 20.7. The number of likely N-dealkylation sites (N-methyl/N-ethyl adjacent to an activating group) is 4. The van der Waals surface area contributed by atoms with E-state index in [9.17, 15) is 48.5 Å². The van der Waals surface area contributed by atoms with E-state index >= 15 is 0 Å². The molecule has 19 rings (SSSR count). The van der Waals surface area contributed by atoms with Crippen LogP contribution in [-0.2, 0) is 62.5 Å². The van der Waals surface area contributed by atoms with Crippen LogP contribution in [0.4, 0.5) is 8.78 Å². The Balaban J connectivity index is 0.000000130. The van der Waals surface area contributed by atoms with E-state index < -0.39 is 57.1 Å². The second-order valence-electron chi connectivity index (χ2n) is 35.2. The molecule has 0 saturated heterocycles. The zero-order chi connectivity index (χ0) is 98.2. The summed E-state index contributed by atoms with van der Waals surface area (Å²) in [5.74, 6) is -2.57. The summed E-state index contributed by atoms with van der Waals surface area (Å²) in [4.78, 5) is 101. The first-order valence-corrected chi connectivity index (χ1v) is 46.7. The van der Waals surface area contributed by atoms with Gasteiger partial charge in [-0.3, -0.25) is 53.5 Å². The van der Waals surface area contributed by atoms with Gasteiger partial charge in [-0.05, 0) is 240 Å². The molecule has 690 valence electrons. The highest BCUT2D eigenvalue weighted by molar-refractivity contribution is 9.10. The Kier molecular flexibility index (Phi) is 27.1. The van der Waals surface area contributed by atoms with Gasteiger partial charge in [-0.2, -0.15) is 21.0 Å². The van der Waals surface area contributed by atoms with Crippen molar-refractivity contribution >= 4 is 121 Å². The quantitative estimate of drug-likeness (QED) is 0.0675. The standard InChI is InChI=1S/C23H19BrN4OS.2C22H21FN4O.C21H17ClN4O.C17H15ClN4OS/c1-23(19-11-17(13-30-19)16-5-3-4-14(10-16)12-25)20(15-6-8-18(24)9-7-15)21(29)28(2)22(26)27-23;2*1-21(16-4-3-5-17(23)12-16)18(19(28)27(2)20(25)26-21)14-6-8-15(9-7-14)22(13-24)10-11-22;1-26-19(27)21(25-20(26)23,16-8-10-24-11-9-16)17-6-2-4-14(12-17)15-5-3-7-18(22)13-15;1-17(8-14(23)22(2)16(20)21-17)13-7-12(15(18)24-13)11-5-3-4-10(6-11)9-19/h3-11,13,20H,1-2H3,(H2,26,27);2*3-9,12,18H,10-11H2,1-2H3,(H2,25,26);2-13H,1H3,(H2,23,25);3-7H,8H2,1-2H3,(H2,20,21)/t20?,23-;18-,21+;18-,21-;;17-/m101.0/s1. The predicted octanol–water partition coefficient (Wildman–Crippen LogP) is 17.9. The molecule has 2 aliphatic carbocycles. The number of pyridine rings is 1. The molecule has 5 amide bonds. The fraction of sp³-hybridized carbons (Fsp3) is 0.229. The molecule has 2 saturated carbocycles. The minimum absolute atomic E-state index is 0.0810. The highest BCUT2D eigenvalue weighted by Gasteiger charge is 2.54. The van der Waals surface area contributed by atoms with Crippen LogP contribution in [0.1, 0.15) is 149 Å². The highest BCUT2D eigenvalue weighted by Crippen LogP contribution is 2.54. The largest absolute Gasteiger partial charge is 0.369 e. The number of nitriles is 4. The summed E-state index contributed by atoms with van der Waals surface area (Å²) in [5, 5.41) is 39.8. The van der Waals surface area contributed by atoms with Gasteiger partial charge in [-0.25, -0.2) is 33.7 Å². The summed E-state index contributed by atoms with van der Waals surface area (Å²) in [7, 11) is 8.07. The Morgan fingerprint density at radius 2 is 0.832 bits per heavy atom. The summed E-state index contributed by atoms with van der Waals surface area (Å²) in [6, 6.07) is 81.8. The number of nitrogens with zero attached hydrogens (tertiary/aromatic N) is 15. The van der Waals surface area contributed by atoms with Gasteiger partial charge in [0.25, 0.3) is 5.91 Å². The van der Waals surface area contributed by atoms with Gasteiger partial charge in [0.1, 0.15) is 38.1 Å². The predicted molar refractivity (Wildman–Crippen MR) is 533 cm³/mol. The Bertz CT molecular complexity index is 6980. The maximum atomic E-state index is 13.9. The minimum atomic E-state index is -1.23. The zero-order valence-electron chi connectivity index (χ0n) is 75.9. The molecule has 3 aromatic heterocycles. The van der Waals surface area contributed by atoms with Crippen LogP contribution in [0.3, 0.4) is 0 Å². The molecule has 25 nitrogen and oxygen atoms in total. The molecule has 137 heavy (non-hydrogen) atoms. The maximum absolute atomic E-state index is 13.9. The zero-order valence-corrected chi connectivity index (χ0v) is 80.7. The van der Waals surface area contributed by atoms with Crippen LogP contribution in [0.5, 0.6) is 0 Å². The number of aliphatic imine (C=N–C) groups is 5. The summed E-state index contributed by atoms with van der Waals surface area (Å²) < 4.78 is 29.4. The van der Waals surface area contributed by atoms with Crippen LogP contribution in [-0.4, -0.2) is 124 Å². The van der Waals surface area contributed by atoms with Gasteiger partial charge in [0, 0.05) is 72.4 Å². The van der Waals surface area contributed by atoms with Gasteiger partial charge in [0.05, 0.1) is 70.4 Å². The molecule has 32 heteroatoms. The second-order valence-corrected chi connectivity index (χ2v) is 39.1. The van der Waals surface area contributed by atoms with Gasteiger partial charge < -0.3 is 28.7 Å². The summed E-state index contributed by atoms with van der Waals surface area (Å²) in [6.45, 7) is 7.44. The molecule has 2 unspecified atom stereocenters. The van der Waals surface area contributed by atoms with Crippen LogP contribution in [0.15, 0.2) is 290 Å². The topological polar surface area (TPSA) is 402 Å². The van der Waals surface area contributed by atoms with Crippen molar-refractivity contribution < 1.29 is 32.8 Å². The van der Waals surface area contributed by atoms with Gasteiger partial charge in [0.2, 0.25) is 23.6 Å². The second kappa shape index (κ2) is 38.5. The Morgan fingerprint density at radius 3 is 1.28 bits per heavy atom. The van der Waals surface area contributed by atoms with E-state index in [0.717, 1.165) is 112 Å². The number of amides is 5. The summed E-state index contributed by atoms with van der Waals surface area (Å²) in [5.41, 5.74) is 38.0. The van der Waals surface area contributed by atoms with Crippen LogP contribution >= 0.6 is 61.8 Å². The van der Waals surface area contributed by atoms with E-state index in [4.69, 9.17) is 62.1 Å². The molecule has 5 aliphatic heterocycles. The molecule has 0 spiro atoms. The number of hydrogen-bond acceptors (Lipinski definition) is 22. The first-order chi connectivity index (χ1) is 65.3. The monoisotopic (exact) mass is 1960 g/mol. The lowest BCUT2D eigenvalue weighted by molar-refractivity contribution is -0.131. The van der Waals surface area contributed by atoms with Crippen molar-refractivity contribution in [3.8, 4) is 57.7 Å². The van der Waals surface area contributed by atoms with Gasteiger partial charge in [-0.1, -0.05) is 179 Å². The molecule has 7 aliphatic rings. The number of rotatable bonds is 14. The third-order valence-corrected chi connectivity index (χ3v) is 29.9. The molecule has 10 N–H and O–H groups in total. The van der Waals surface area contributed by atoms with Gasteiger partial charge in [0.15, 0.2) is 35.3 Å². The fourth-order valence-electron chi connectivity index (χ4n) is 17.8. The minimum Gasteiger partial charge on any atom is -0.369 e. The van der Waals surface area contributed by atoms with E-state index in [0.29, 0.717) is 31.6 Å². The number of hydrogen-bond donors (Lipinski definition) is 5. The number of benzene rings is 9. The molecule has 2 fully saturated rings. The number of carbonyl (C=O) groups excluding carboxylic acids is 5. The van der Waals surface area contributed by atoms with Crippen LogP contribution in [0, 0.1) is 57.0 Å². The van der Waals surface area contributed by atoms with E-state index in [-0.39, 0.29) is 76.6 Å². The number of aromatic nitrogens is 1. The third-order valence-electron chi connectivity index (χ3n) is 26.3. The molecule has 0 radical (unpaired) electrons. The van der Waals surface area contributed by atoms with E-state index in [2.05, 4.69) is 65.2 Å². The third kappa shape index (κ3) is 18.8. The molecule has 0 bridgehead atoms. The average Bonchev–Trinajstić information content (AvgIpc) is 1.50. The first kappa shape index (κ1) is 96.7. The number of nitrogens with two attached hydrogens (primary N) is 5. The molecule has 9 aromatic carbocycles. The van der Waals surface area contributed by atoms with Crippen LogP contribution in [0.2, 0.25) is 9.36 Å². The van der Waals surface area contributed by atoms with E-state index in [1.165, 1.54) is 60.1 Å². The van der Waals surface area contributed by atoms with E-state index in [1.54, 1.807) is 127 Å². The van der Waals surface area contributed by atoms with Gasteiger partial charge >= 0.3 is 0 Å². The van der Waals surface area contributed by atoms with Crippen molar-refractivity contribution in [1.29, 1.82) is 21.0 Å². The molecular formula is C105H93BrCl2F2N20O5S2. The first-order valence-electron chi connectivity index (χ1n) is 43.4. The van der Waals surface area contributed by atoms with E-state index in [1.807, 2.05) is 183 Å². The normalized spacial score (nSPS) is 22.6. The SMILES string of the molecule is CN1C(=O)C(c2ccc(Br)cc2)[C@@](C)(c2cc(-c3cccc(C#N)c3)cs2)N=C1N.CN1C(=O)C(c2ccncc2)(c2cccc(-c3cccc(Cl)c3)c2)N=C1N.CN1C(=O)C[C@@](C)(c2cc(-c3cccc(C#N)c3)c(Cl)s2)N=C1N.CN1C(=O)[C@@H](c2ccc(C3(C#N)CC3)cc2)[C@@](C)(c2cccc(F)c2)N=C1N.CN1C(=O)[C@H](c2ccc(C3(C#N)CC3)cc2)[C@@](C)(c2cccc(F)c2)N=C1N. The number of guanidine groups is 5. The van der Waals surface area contributed by atoms with Crippen molar-refractivity contribution in [2.45, 2.75) is 116 Å². The Hall–Kier alpha value is -14.9. The van der Waals surface area contributed by atoms with Crippen molar-refractivity contribution in [2.75, 3.05) is 35.2 Å². The molecule has 8 atom stereocenters. The molecule has 8 heterocycles. The smallest absolute Gasteiger partial charge is 0.266 e. The number of halogens is 5. The van der Waals surface area contributed by atoms with Gasteiger partial charge in [-0.15, -0.1) is 22.7 Å². The van der Waals surface area contributed by atoms with Crippen molar-refractivity contribution in [1.82, 2.24) is 29.5 Å². The van der Waals surface area contributed by atoms with Crippen LogP contribution in [0.25, 0.3) is 33.4 Å². The summed E-state index contributed by atoms with van der Waals surface area (Å²) >= 11 is 18.9. The lowest BCUT2D eigenvalue weighted by Crippen LogP contribution is -2.52. The van der Waals surface area contributed by atoms with Crippen LogP contribution < -0.4 is 28.7 Å². The number of carbonyl (C=O) groups is 5. The van der Waals surface area contributed by atoms with Crippen molar-refractivity contribution in [3.63, 3.8) is 0 Å². The Labute approximate surface area is 818 Å². The lowest BCUT2D eigenvalue weighted by atomic mass is 9.74. The van der Waals surface area contributed by atoms with Crippen molar-refractivity contribution in [3.05, 3.63) is 357 Å². The molecular weight excluding hydrogens is 1870 g/mol. The highest BCUT2D eigenvalue weighted by atomic mass is 79.9. The Morgan fingerprint density at radius 1 is 0.416 bits per heavy atom. The number of thiophene rings is 2. The lowest BCUT2D eigenvalue weighted by Gasteiger charge is -2.41. The molecule has 12 aromatic rings. The maximum Gasteiger partial charge on any atom is 0.266 e. The summed E-state index contributed by atoms with van der Waals surface area (Å²) in [6.07, 6.45) is 6.96. The van der Waals surface area contributed by atoms with Crippen molar-refractivity contribution in [2.24, 2.45) is 53.6 Å². The average molecular weight is 1970 g/mol.